The van der Waals surface area contributed by atoms with E-state index in [1.165, 1.54) is 0 Å². The molecule has 1 aromatic carbocycles. The average Bonchev–Trinajstić information content (AvgIpc) is 2.49. The summed E-state index contributed by atoms with van der Waals surface area (Å²) in [6.07, 6.45) is 0.934. The third kappa shape index (κ3) is 4.74. The number of carbonyl (C=O) groups is 1. The third-order valence-corrected chi connectivity index (χ3v) is 3.76. The van der Waals surface area contributed by atoms with Gasteiger partial charge in [0.25, 0.3) is 5.91 Å². The van der Waals surface area contributed by atoms with Crippen LogP contribution in [0.2, 0.25) is 0 Å². The smallest absolute Gasteiger partial charge is 0.254 e. The standard InChI is InChI=1S/C17H28N2O2/c1-6-14(4)19(10-11-21-5)17(20)15-8-9-16(18-7-2)13(3)12-15/h8-9,12,14,18H,6-7,10-11H2,1-5H3. The van der Waals surface area contributed by atoms with Gasteiger partial charge in [0.2, 0.25) is 0 Å². The van der Waals surface area contributed by atoms with E-state index in [1.54, 1.807) is 7.11 Å². The van der Waals surface area contributed by atoms with Crippen LogP contribution < -0.4 is 5.32 Å². The highest BCUT2D eigenvalue weighted by molar-refractivity contribution is 5.95. The number of hydrogen-bond acceptors (Lipinski definition) is 3. The van der Waals surface area contributed by atoms with Crippen LogP contribution in [-0.2, 0) is 4.74 Å². The van der Waals surface area contributed by atoms with E-state index in [4.69, 9.17) is 4.74 Å². The van der Waals surface area contributed by atoms with Crippen molar-refractivity contribution in [3.8, 4) is 0 Å². The topological polar surface area (TPSA) is 41.6 Å². The van der Waals surface area contributed by atoms with Crippen molar-refractivity contribution in [3.05, 3.63) is 29.3 Å². The molecule has 0 saturated carbocycles. The first-order valence-electron chi connectivity index (χ1n) is 7.69. The fourth-order valence-corrected chi connectivity index (χ4v) is 2.28. The lowest BCUT2D eigenvalue weighted by Gasteiger charge is -2.28. The predicted octanol–water partition coefficient (Wildman–Crippen LogP) is 3.31. The van der Waals surface area contributed by atoms with E-state index >= 15 is 0 Å². The Hall–Kier alpha value is -1.55. The van der Waals surface area contributed by atoms with Crippen LogP contribution in [0.1, 0.15) is 43.1 Å². The van der Waals surface area contributed by atoms with Gasteiger partial charge in [-0.15, -0.1) is 0 Å². The number of aryl methyl sites for hydroxylation is 1. The van der Waals surface area contributed by atoms with Crippen molar-refractivity contribution < 1.29 is 9.53 Å². The van der Waals surface area contributed by atoms with E-state index in [0.717, 1.165) is 29.8 Å². The molecule has 0 bridgehead atoms. The van der Waals surface area contributed by atoms with E-state index in [1.807, 2.05) is 30.0 Å². The highest BCUT2D eigenvalue weighted by Crippen LogP contribution is 2.18. The molecule has 118 valence electrons. The van der Waals surface area contributed by atoms with Crippen LogP contribution in [0.15, 0.2) is 18.2 Å². The second-order valence-electron chi connectivity index (χ2n) is 5.31. The Balaban J connectivity index is 2.94. The Labute approximate surface area is 128 Å². The summed E-state index contributed by atoms with van der Waals surface area (Å²) in [5, 5.41) is 3.29. The predicted molar refractivity (Wildman–Crippen MR) is 88.0 cm³/mol. The zero-order chi connectivity index (χ0) is 15.8. The van der Waals surface area contributed by atoms with E-state index in [-0.39, 0.29) is 11.9 Å². The van der Waals surface area contributed by atoms with Gasteiger partial charge in [0, 0.05) is 37.5 Å². The maximum Gasteiger partial charge on any atom is 0.254 e. The van der Waals surface area contributed by atoms with Crippen LogP contribution in [0.3, 0.4) is 0 Å². The molecule has 4 heteroatoms. The van der Waals surface area contributed by atoms with Gasteiger partial charge in [-0.25, -0.2) is 0 Å². The fraction of sp³-hybridized carbons (Fsp3) is 0.588. The highest BCUT2D eigenvalue weighted by atomic mass is 16.5. The molecule has 0 fully saturated rings. The summed E-state index contributed by atoms with van der Waals surface area (Å²) in [6.45, 7) is 10.3. The summed E-state index contributed by atoms with van der Waals surface area (Å²) in [6, 6.07) is 6.05. The third-order valence-electron chi connectivity index (χ3n) is 3.76. The van der Waals surface area contributed by atoms with Crippen molar-refractivity contribution in [1.82, 2.24) is 4.90 Å². The number of carbonyl (C=O) groups excluding carboxylic acids is 1. The Morgan fingerprint density at radius 2 is 2.10 bits per heavy atom. The Kier molecular flexibility index (Phi) is 7.23. The van der Waals surface area contributed by atoms with Gasteiger partial charge < -0.3 is 15.0 Å². The SMILES string of the molecule is CCNc1ccc(C(=O)N(CCOC)C(C)CC)cc1C. The van der Waals surface area contributed by atoms with Crippen LogP contribution in [0.5, 0.6) is 0 Å². The summed E-state index contributed by atoms with van der Waals surface area (Å²) < 4.78 is 5.12. The summed E-state index contributed by atoms with van der Waals surface area (Å²) in [4.78, 5) is 14.6. The molecular formula is C17H28N2O2. The first kappa shape index (κ1) is 17.5. The average molecular weight is 292 g/mol. The van der Waals surface area contributed by atoms with Gasteiger partial charge in [-0.05, 0) is 51.0 Å². The first-order valence-corrected chi connectivity index (χ1v) is 7.69. The molecule has 1 amide bonds. The van der Waals surface area contributed by atoms with E-state index in [9.17, 15) is 4.79 Å². The van der Waals surface area contributed by atoms with Crippen LogP contribution in [0, 0.1) is 6.92 Å². The molecule has 0 aliphatic carbocycles. The molecule has 0 spiro atoms. The van der Waals surface area contributed by atoms with Gasteiger partial charge in [-0.3, -0.25) is 4.79 Å². The maximum absolute atomic E-state index is 12.7. The number of amides is 1. The minimum atomic E-state index is 0.0764. The quantitative estimate of drug-likeness (QED) is 0.799. The zero-order valence-corrected chi connectivity index (χ0v) is 13.9. The van der Waals surface area contributed by atoms with Crippen LogP contribution in [0.25, 0.3) is 0 Å². The monoisotopic (exact) mass is 292 g/mol. The summed E-state index contributed by atoms with van der Waals surface area (Å²) in [5.74, 6) is 0.0764. The molecule has 0 radical (unpaired) electrons. The van der Waals surface area contributed by atoms with Crippen molar-refractivity contribution in [2.24, 2.45) is 0 Å². The van der Waals surface area contributed by atoms with Crippen LogP contribution in [0.4, 0.5) is 5.69 Å². The number of nitrogens with one attached hydrogen (secondary N) is 1. The summed E-state index contributed by atoms with van der Waals surface area (Å²) >= 11 is 0. The summed E-state index contributed by atoms with van der Waals surface area (Å²) in [5.41, 5.74) is 2.92. The lowest BCUT2D eigenvalue weighted by molar-refractivity contribution is 0.0614. The van der Waals surface area contributed by atoms with Gasteiger partial charge in [0.05, 0.1) is 6.61 Å². The molecule has 1 atom stereocenters. The molecule has 0 aliphatic rings. The number of hydrogen-bond donors (Lipinski definition) is 1. The van der Waals surface area contributed by atoms with Crippen LogP contribution >= 0.6 is 0 Å². The van der Waals surface area contributed by atoms with Crippen molar-refractivity contribution in [2.45, 2.75) is 40.2 Å². The second kappa shape index (κ2) is 8.67. The van der Waals surface area contributed by atoms with Gasteiger partial charge in [-0.2, -0.15) is 0 Å². The Bertz CT molecular complexity index is 460. The highest BCUT2D eigenvalue weighted by Gasteiger charge is 2.20. The fourth-order valence-electron chi connectivity index (χ4n) is 2.28. The van der Waals surface area contributed by atoms with Crippen molar-refractivity contribution in [2.75, 3.05) is 32.1 Å². The van der Waals surface area contributed by atoms with E-state index < -0.39 is 0 Å². The van der Waals surface area contributed by atoms with E-state index in [2.05, 4.69) is 26.1 Å². The van der Waals surface area contributed by atoms with Gasteiger partial charge >= 0.3 is 0 Å². The minimum absolute atomic E-state index is 0.0764. The lowest BCUT2D eigenvalue weighted by Crippen LogP contribution is -2.40. The molecule has 0 aromatic heterocycles. The number of benzene rings is 1. The molecule has 1 rings (SSSR count). The molecule has 21 heavy (non-hydrogen) atoms. The molecule has 1 aromatic rings. The largest absolute Gasteiger partial charge is 0.385 e. The molecule has 0 aliphatic heterocycles. The van der Waals surface area contributed by atoms with Crippen molar-refractivity contribution in [1.29, 1.82) is 0 Å². The Morgan fingerprint density at radius 1 is 1.38 bits per heavy atom. The molecule has 1 N–H and O–H groups in total. The number of nitrogens with zero attached hydrogens (tertiary/aromatic N) is 1. The van der Waals surface area contributed by atoms with Crippen molar-refractivity contribution >= 4 is 11.6 Å². The lowest BCUT2D eigenvalue weighted by atomic mass is 10.1. The number of ether oxygens (including phenoxy) is 1. The minimum Gasteiger partial charge on any atom is -0.385 e. The van der Waals surface area contributed by atoms with E-state index in [0.29, 0.717) is 13.2 Å². The van der Waals surface area contributed by atoms with Gasteiger partial charge in [-0.1, -0.05) is 6.92 Å². The number of anilines is 1. The first-order chi connectivity index (χ1) is 10.0. The van der Waals surface area contributed by atoms with Gasteiger partial charge in [0.1, 0.15) is 0 Å². The molecule has 1 unspecified atom stereocenters. The maximum atomic E-state index is 12.7. The molecular weight excluding hydrogens is 264 g/mol. The number of rotatable bonds is 8. The van der Waals surface area contributed by atoms with Crippen molar-refractivity contribution in [3.63, 3.8) is 0 Å². The summed E-state index contributed by atoms with van der Waals surface area (Å²) in [7, 11) is 1.66. The zero-order valence-electron chi connectivity index (χ0n) is 13.9. The Morgan fingerprint density at radius 3 is 2.62 bits per heavy atom. The molecule has 4 nitrogen and oxygen atoms in total. The van der Waals surface area contributed by atoms with Gasteiger partial charge in [0.15, 0.2) is 0 Å². The number of methoxy groups -OCH3 is 1. The second-order valence-corrected chi connectivity index (χ2v) is 5.31. The molecule has 0 saturated heterocycles. The van der Waals surface area contributed by atoms with Crippen LogP contribution in [-0.4, -0.2) is 43.7 Å². The normalized spacial score (nSPS) is 12.0. The molecule has 0 heterocycles.